The molecule has 0 aromatic carbocycles. The second-order valence-electron chi connectivity index (χ2n) is 4.16. The molecule has 0 saturated carbocycles. The van der Waals surface area contributed by atoms with E-state index in [9.17, 15) is 0 Å². The SMILES string of the molecule is CCCc1noc(C(CC)C(C)NCC)n1. The Morgan fingerprint density at radius 3 is 2.62 bits per heavy atom. The lowest BCUT2D eigenvalue weighted by molar-refractivity contribution is 0.315. The first-order chi connectivity index (χ1) is 7.72. The van der Waals surface area contributed by atoms with Crippen LogP contribution in [0, 0.1) is 0 Å². The van der Waals surface area contributed by atoms with Crippen molar-refractivity contribution in [3.8, 4) is 0 Å². The third-order valence-electron chi connectivity index (χ3n) is 2.84. The first-order valence-electron chi connectivity index (χ1n) is 6.28. The molecule has 1 rings (SSSR count). The highest BCUT2D eigenvalue weighted by molar-refractivity contribution is 4.98. The number of rotatable bonds is 7. The first kappa shape index (κ1) is 13.2. The van der Waals surface area contributed by atoms with Crippen LogP contribution in [0.5, 0.6) is 0 Å². The highest BCUT2D eigenvalue weighted by Gasteiger charge is 2.22. The Morgan fingerprint density at radius 1 is 1.31 bits per heavy atom. The number of aryl methyl sites for hydroxylation is 1. The van der Waals surface area contributed by atoms with Gasteiger partial charge in [0, 0.05) is 12.5 Å². The van der Waals surface area contributed by atoms with Crippen molar-refractivity contribution < 1.29 is 4.52 Å². The van der Waals surface area contributed by atoms with Crippen LogP contribution in [0.2, 0.25) is 0 Å². The fourth-order valence-electron chi connectivity index (χ4n) is 1.95. The molecule has 1 aromatic heterocycles. The first-order valence-corrected chi connectivity index (χ1v) is 6.28. The van der Waals surface area contributed by atoms with Gasteiger partial charge in [-0.3, -0.25) is 0 Å². The minimum atomic E-state index is 0.318. The van der Waals surface area contributed by atoms with Gasteiger partial charge < -0.3 is 9.84 Å². The van der Waals surface area contributed by atoms with Crippen LogP contribution in [0.1, 0.15) is 58.2 Å². The van der Waals surface area contributed by atoms with Crippen LogP contribution >= 0.6 is 0 Å². The normalized spacial score (nSPS) is 15.0. The largest absolute Gasteiger partial charge is 0.339 e. The lowest BCUT2D eigenvalue weighted by Crippen LogP contribution is -2.31. The summed E-state index contributed by atoms with van der Waals surface area (Å²) in [5.74, 6) is 1.93. The van der Waals surface area contributed by atoms with E-state index in [4.69, 9.17) is 4.52 Å². The molecule has 0 amide bonds. The summed E-state index contributed by atoms with van der Waals surface area (Å²) in [5.41, 5.74) is 0. The summed E-state index contributed by atoms with van der Waals surface area (Å²) < 4.78 is 5.34. The Bertz CT molecular complexity index is 298. The van der Waals surface area contributed by atoms with E-state index in [1.54, 1.807) is 0 Å². The van der Waals surface area contributed by atoms with Gasteiger partial charge in [0.15, 0.2) is 5.82 Å². The van der Waals surface area contributed by atoms with Crippen molar-refractivity contribution in [2.45, 2.75) is 58.9 Å². The topological polar surface area (TPSA) is 51.0 Å². The van der Waals surface area contributed by atoms with Gasteiger partial charge in [-0.25, -0.2) is 0 Å². The zero-order valence-corrected chi connectivity index (χ0v) is 10.8. The van der Waals surface area contributed by atoms with E-state index in [0.717, 1.165) is 37.5 Å². The molecule has 4 heteroatoms. The highest BCUT2D eigenvalue weighted by atomic mass is 16.5. The molecule has 1 aromatic rings. The fourth-order valence-corrected chi connectivity index (χ4v) is 1.95. The number of hydrogen-bond donors (Lipinski definition) is 1. The molecule has 0 fully saturated rings. The molecular formula is C12H23N3O. The average molecular weight is 225 g/mol. The molecule has 0 aliphatic rings. The van der Waals surface area contributed by atoms with Crippen molar-refractivity contribution in [2.75, 3.05) is 6.54 Å². The highest BCUT2D eigenvalue weighted by Crippen LogP contribution is 2.21. The van der Waals surface area contributed by atoms with Gasteiger partial charge in [0.05, 0.1) is 5.92 Å². The van der Waals surface area contributed by atoms with Gasteiger partial charge in [0.25, 0.3) is 0 Å². The van der Waals surface area contributed by atoms with Crippen LogP contribution in [-0.4, -0.2) is 22.7 Å². The molecule has 4 nitrogen and oxygen atoms in total. The molecule has 2 unspecified atom stereocenters. The van der Waals surface area contributed by atoms with Gasteiger partial charge in [0.1, 0.15) is 0 Å². The predicted octanol–water partition coefficient (Wildman–Crippen LogP) is 2.51. The molecule has 0 radical (unpaired) electrons. The van der Waals surface area contributed by atoms with Crippen molar-refractivity contribution in [1.82, 2.24) is 15.5 Å². The number of nitrogens with zero attached hydrogens (tertiary/aromatic N) is 2. The minimum absolute atomic E-state index is 0.318. The molecule has 92 valence electrons. The van der Waals surface area contributed by atoms with E-state index in [1.165, 1.54) is 0 Å². The predicted molar refractivity (Wildman–Crippen MR) is 64.5 cm³/mol. The average Bonchev–Trinajstić information content (AvgIpc) is 2.68. The summed E-state index contributed by atoms with van der Waals surface area (Å²) in [7, 11) is 0. The van der Waals surface area contributed by atoms with Crippen LogP contribution in [-0.2, 0) is 6.42 Å². The summed E-state index contributed by atoms with van der Waals surface area (Å²) in [6, 6.07) is 0.380. The molecule has 1 heterocycles. The third-order valence-corrected chi connectivity index (χ3v) is 2.84. The summed E-state index contributed by atoms with van der Waals surface area (Å²) in [6.45, 7) is 9.52. The summed E-state index contributed by atoms with van der Waals surface area (Å²) in [6.07, 6.45) is 2.97. The van der Waals surface area contributed by atoms with Crippen molar-refractivity contribution in [3.63, 3.8) is 0 Å². The number of aromatic nitrogens is 2. The molecule has 0 saturated heterocycles. The van der Waals surface area contributed by atoms with Crippen molar-refractivity contribution >= 4 is 0 Å². The summed E-state index contributed by atoms with van der Waals surface area (Å²) >= 11 is 0. The van der Waals surface area contributed by atoms with Crippen LogP contribution in [0.15, 0.2) is 4.52 Å². The molecule has 2 atom stereocenters. The number of likely N-dealkylation sites (N-methyl/N-ethyl adjacent to an activating group) is 1. The Kier molecular flexibility index (Phi) is 5.46. The monoisotopic (exact) mass is 225 g/mol. The zero-order valence-electron chi connectivity index (χ0n) is 10.8. The van der Waals surface area contributed by atoms with Crippen molar-refractivity contribution in [3.05, 3.63) is 11.7 Å². The van der Waals surface area contributed by atoms with E-state index in [-0.39, 0.29) is 0 Å². The summed E-state index contributed by atoms with van der Waals surface area (Å²) in [5, 5.41) is 7.41. The molecular weight excluding hydrogens is 202 g/mol. The van der Waals surface area contributed by atoms with Crippen LogP contribution in [0.25, 0.3) is 0 Å². The smallest absolute Gasteiger partial charge is 0.231 e. The Labute approximate surface area is 97.8 Å². The van der Waals surface area contributed by atoms with Crippen LogP contribution in [0.4, 0.5) is 0 Å². The standard InChI is InChI=1S/C12H23N3O/c1-5-8-11-14-12(16-15-11)10(6-2)9(4)13-7-3/h9-10,13H,5-8H2,1-4H3. The second-order valence-corrected chi connectivity index (χ2v) is 4.16. The van der Waals surface area contributed by atoms with E-state index in [0.29, 0.717) is 12.0 Å². The second kappa shape index (κ2) is 6.63. The zero-order chi connectivity index (χ0) is 12.0. The maximum absolute atomic E-state index is 5.34. The number of nitrogens with one attached hydrogen (secondary N) is 1. The van der Waals surface area contributed by atoms with Crippen molar-refractivity contribution in [2.24, 2.45) is 0 Å². The molecule has 0 bridgehead atoms. The van der Waals surface area contributed by atoms with Gasteiger partial charge in [-0.1, -0.05) is 25.9 Å². The van der Waals surface area contributed by atoms with E-state index < -0.39 is 0 Å². The van der Waals surface area contributed by atoms with E-state index >= 15 is 0 Å². The van der Waals surface area contributed by atoms with Gasteiger partial charge in [-0.15, -0.1) is 0 Å². The lowest BCUT2D eigenvalue weighted by Gasteiger charge is -2.19. The summed E-state index contributed by atoms with van der Waals surface area (Å²) in [4.78, 5) is 4.46. The maximum Gasteiger partial charge on any atom is 0.231 e. The van der Waals surface area contributed by atoms with Gasteiger partial charge in [0.2, 0.25) is 5.89 Å². The molecule has 1 N–H and O–H groups in total. The third kappa shape index (κ3) is 3.30. The van der Waals surface area contributed by atoms with Crippen molar-refractivity contribution in [1.29, 1.82) is 0 Å². The van der Waals surface area contributed by atoms with Gasteiger partial charge >= 0.3 is 0 Å². The molecule has 0 aliphatic carbocycles. The maximum atomic E-state index is 5.34. The lowest BCUT2D eigenvalue weighted by atomic mass is 9.98. The number of hydrogen-bond acceptors (Lipinski definition) is 4. The minimum Gasteiger partial charge on any atom is -0.339 e. The molecule has 0 spiro atoms. The quantitative estimate of drug-likeness (QED) is 0.774. The van der Waals surface area contributed by atoms with Gasteiger partial charge in [-0.05, 0) is 26.3 Å². The van der Waals surface area contributed by atoms with Crippen LogP contribution in [0.3, 0.4) is 0 Å². The van der Waals surface area contributed by atoms with Gasteiger partial charge in [-0.2, -0.15) is 4.98 Å². The van der Waals surface area contributed by atoms with E-state index in [2.05, 4.69) is 43.2 Å². The Morgan fingerprint density at radius 2 is 2.06 bits per heavy atom. The fraction of sp³-hybridized carbons (Fsp3) is 0.833. The van der Waals surface area contributed by atoms with E-state index in [1.807, 2.05) is 0 Å². The molecule has 16 heavy (non-hydrogen) atoms. The Hall–Kier alpha value is -0.900. The van der Waals surface area contributed by atoms with Crippen LogP contribution < -0.4 is 5.32 Å². The molecule has 0 aliphatic heterocycles. The Balaban J connectivity index is 2.70.